The van der Waals surface area contributed by atoms with Gasteiger partial charge in [-0.3, -0.25) is 10.00 Å². The number of thiophene rings is 1. The van der Waals surface area contributed by atoms with Crippen molar-refractivity contribution >= 4 is 11.3 Å². The molecule has 6 heteroatoms. The zero-order chi connectivity index (χ0) is 14.5. The van der Waals surface area contributed by atoms with Crippen molar-refractivity contribution in [3.63, 3.8) is 0 Å². The summed E-state index contributed by atoms with van der Waals surface area (Å²) in [6.07, 6.45) is 3.57. The van der Waals surface area contributed by atoms with Gasteiger partial charge in [-0.25, -0.2) is 4.98 Å². The summed E-state index contributed by atoms with van der Waals surface area (Å²) in [5.74, 6) is 1.83. The highest BCUT2D eigenvalue weighted by molar-refractivity contribution is 7.07. The van der Waals surface area contributed by atoms with Crippen molar-refractivity contribution in [2.45, 2.75) is 45.4 Å². The number of rotatable bonds is 7. The molecule has 1 aliphatic heterocycles. The number of hydrogen-bond donors (Lipinski definition) is 1. The number of ether oxygens (including phenoxy) is 1. The number of nitrogens with one attached hydrogen (secondary N) is 1. The van der Waals surface area contributed by atoms with Crippen LogP contribution in [0, 0.1) is 0 Å². The van der Waals surface area contributed by atoms with Crippen LogP contribution in [0.15, 0.2) is 16.8 Å². The fourth-order valence-electron chi connectivity index (χ4n) is 2.68. The van der Waals surface area contributed by atoms with Crippen LogP contribution < -0.4 is 0 Å². The molecule has 0 aromatic carbocycles. The van der Waals surface area contributed by atoms with Crippen LogP contribution in [0.3, 0.4) is 0 Å². The van der Waals surface area contributed by atoms with E-state index in [1.165, 1.54) is 12.0 Å². The molecule has 5 nitrogen and oxygen atoms in total. The zero-order valence-corrected chi connectivity index (χ0v) is 13.2. The molecule has 1 fully saturated rings. The molecule has 0 radical (unpaired) electrons. The van der Waals surface area contributed by atoms with Crippen molar-refractivity contribution in [2.24, 2.45) is 0 Å². The highest BCUT2D eigenvalue weighted by atomic mass is 32.1. The standard InChI is InChI=1S/C15H22N4OS/c1-2-14-16-15(18-17-14)10-19(8-12-5-7-21-11-12)9-13-4-3-6-20-13/h5,7,11,13H,2-4,6,8-10H2,1H3,(H,16,17,18)/t13-/m1/s1. The Balaban J connectivity index is 1.64. The second-order valence-electron chi connectivity index (χ2n) is 5.49. The van der Waals surface area contributed by atoms with Gasteiger partial charge in [-0.15, -0.1) is 0 Å². The Labute approximate surface area is 129 Å². The maximum Gasteiger partial charge on any atom is 0.150 e. The van der Waals surface area contributed by atoms with Gasteiger partial charge in [0.05, 0.1) is 12.6 Å². The lowest BCUT2D eigenvalue weighted by Crippen LogP contribution is -2.31. The van der Waals surface area contributed by atoms with Gasteiger partial charge < -0.3 is 4.74 Å². The van der Waals surface area contributed by atoms with E-state index >= 15 is 0 Å². The maximum absolute atomic E-state index is 5.78. The van der Waals surface area contributed by atoms with Crippen molar-refractivity contribution in [2.75, 3.05) is 13.2 Å². The van der Waals surface area contributed by atoms with E-state index in [2.05, 4.69) is 43.8 Å². The molecule has 0 bridgehead atoms. The molecule has 1 N–H and O–H groups in total. The molecule has 1 atom stereocenters. The molecule has 0 amide bonds. The van der Waals surface area contributed by atoms with Crippen LogP contribution in [0.25, 0.3) is 0 Å². The molecular formula is C15H22N4OS. The summed E-state index contributed by atoms with van der Waals surface area (Å²) in [6.45, 7) is 5.66. The third-order valence-corrected chi connectivity index (χ3v) is 4.47. The minimum atomic E-state index is 0.359. The second-order valence-corrected chi connectivity index (χ2v) is 6.27. The third kappa shape index (κ3) is 4.12. The molecule has 1 aliphatic rings. The van der Waals surface area contributed by atoms with E-state index in [9.17, 15) is 0 Å². The van der Waals surface area contributed by atoms with Gasteiger partial charge in [0.1, 0.15) is 11.6 Å². The van der Waals surface area contributed by atoms with Gasteiger partial charge in [0.2, 0.25) is 0 Å². The Morgan fingerprint density at radius 3 is 3.10 bits per heavy atom. The molecule has 3 heterocycles. The first-order valence-corrected chi connectivity index (χ1v) is 8.53. The van der Waals surface area contributed by atoms with Gasteiger partial charge in [-0.1, -0.05) is 6.92 Å². The van der Waals surface area contributed by atoms with E-state index in [1.54, 1.807) is 11.3 Å². The number of nitrogens with zero attached hydrogens (tertiary/aromatic N) is 3. The lowest BCUT2D eigenvalue weighted by molar-refractivity contribution is 0.0671. The van der Waals surface area contributed by atoms with Crippen molar-refractivity contribution in [3.05, 3.63) is 34.0 Å². The molecular weight excluding hydrogens is 284 g/mol. The normalized spacial score (nSPS) is 18.7. The molecule has 2 aromatic heterocycles. The third-order valence-electron chi connectivity index (χ3n) is 3.74. The van der Waals surface area contributed by atoms with Gasteiger partial charge >= 0.3 is 0 Å². The van der Waals surface area contributed by atoms with Gasteiger partial charge in [0.25, 0.3) is 0 Å². The summed E-state index contributed by atoms with van der Waals surface area (Å²) in [5, 5.41) is 11.6. The Kier molecular flexibility index (Phi) is 5.00. The van der Waals surface area contributed by atoms with Gasteiger partial charge in [-0.2, -0.15) is 16.4 Å². The molecule has 1 saturated heterocycles. The first kappa shape index (κ1) is 14.7. The summed E-state index contributed by atoms with van der Waals surface area (Å²) in [4.78, 5) is 6.93. The van der Waals surface area contributed by atoms with Crippen LogP contribution in [-0.2, 0) is 24.2 Å². The van der Waals surface area contributed by atoms with Gasteiger partial charge in [-0.05, 0) is 35.2 Å². The Morgan fingerprint density at radius 1 is 1.48 bits per heavy atom. The highest BCUT2D eigenvalue weighted by Crippen LogP contribution is 2.17. The second kappa shape index (κ2) is 7.15. The van der Waals surface area contributed by atoms with Crippen LogP contribution in [-0.4, -0.2) is 39.3 Å². The maximum atomic E-state index is 5.78. The lowest BCUT2D eigenvalue weighted by Gasteiger charge is -2.23. The number of aromatic nitrogens is 3. The van der Waals surface area contributed by atoms with E-state index in [1.807, 2.05) is 0 Å². The predicted molar refractivity (Wildman–Crippen MR) is 83.2 cm³/mol. The van der Waals surface area contributed by atoms with E-state index in [-0.39, 0.29) is 0 Å². The van der Waals surface area contributed by atoms with Crippen LogP contribution >= 0.6 is 11.3 Å². The Bertz CT molecular complexity index is 534. The summed E-state index contributed by atoms with van der Waals surface area (Å²) < 4.78 is 5.78. The van der Waals surface area contributed by atoms with E-state index in [0.29, 0.717) is 6.10 Å². The number of aromatic amines is 1. The fourth-order valence-corrected chi connectivity index (χ4v) is 3.34. The van der Waals surface area contributed by atoms with Crippen molar-refractivity contribution in [3.8, 4) is 0 Å². The van der Waals surface area contributed by atoms with E-state index < -0.39 is 0 Å². The molecule has 2 aromatic rings. The number of H-pyrrole nitrogens is 1. The van der Waals surface area contributed by atoms with Crippen LogP contribution in [0.4, 0.5) is 0 Å². The quantitative estimate of drug-likeness (QED) is 0.854. The van der Waals surface area contributed by atoms with Crippen LogP contribution in [0.5, 0.6) is 0 Å². The first-order chi connectivity index (χ1) is 10.3. The van der Waals surface area contributed by atoms with Crippen LogP contribution in [0.2, 0.25) is 0 Å². The monoisotopic (exact) mass is 306 g/mol. The first-order valence-electron chi connectivity index (χ1n) is 7.58. The van der Waals surface area contributed by atoms with E-state index in [4.69, 9.17) is 4.74 Å². The highest BCUT2D eigenvalue weighted by Gasteiger charge is 2.20. The topological polar surface area (TPSA) is 54.0 Å². The summed E-state index contributed by atoms with van der Waals surface area (Å²) in [6, 6.07) is 2.19. The van der Waals surface area contributed by atoms with Crippen molar-refractivity contribution in [1.82, 2.24) is 20.1 Å². The van der Waals surface area contributed by atoms with Gasteiger partial charge in [0, 0.05) is 26.1 Å². The summed E-state index contributed by atoms with van der Waals surface area (Å²) in [5.41, 5.74) is 1.35. The summed E-state index contributed by atoms with van der Waals surface area (Å²) in [7, 11) is 0. The average molecular weight is 306 g/mol. The largest absolute Gasteiger partial charge is 0.377 e. The molecule has 0 saturated carbocycles. The smallest absolute Gasteiger partial charge is 0.150 e. The molecule has 3 rings (SSSR count). The lowest BCUT2D eigenvalue weighted by atomic mass is 10.2. The fraction of sp³-hybridized carbons (Fsp3) is 0.600. The minimum absolute atomic E-state index is 0.359. The zero-order valence-electron chi connectivity index (χ0n) is 12.4. The van der Waals surface area contributed by atoms with E-state index in [0.717, 1.165) is 50.7 Å². The SMILES string of the molecule is CCc1n[nH]c(CN(Cc2ccsc2)C[C@H]2CCCO2)n1. The molecule has 0 spiro atoms. The summed E-state index contributed by atoms with van der Waals surface area (Å²) >= 11 is 1.74. The molecule has 114 valence electrons. The molecule has 21 heavy (non-hydrogen) atoms. The number of hydrogen-bond acceptors (Lipinski definition) is 5. The van der Waals surface area contributed by atoms with Crippen molar-refractivity contribution in [1.29, 1.82) is 0 Å². The minimum Gasteiger partial charge on any atom is -0.377 e. The number of aryl methyl sites for hydroxylation is 1. The van der Waals surface area contributed by atoms with Crippen LogP contribution in [0.1, 0.15) is 37.0 Å². The van der Waals surface area contributed by atoms with Crippen molar-refractivity contribution < 1.29 is 4.74 Å². The molecule has 0 aliphatic carbocycles. The predicted octanol–water partition coefficient (Wildman–Crippen LogP) is 2.61. The molecule has 0 unspecified atom stereocenters. The van der Waals surface area contributed by atoms with Gasteiger partial charge in [0.15, 0.2) is 0 Å². The average Bonchev–Trinajstić information content (AvgIpc) is 3.20. The Morgan fingerprint density at radius 2 is 2.43 bits per heavy atom. The Hall–Kier alpha value is -1.24.